The molecule has 4 aromatic rings. The van der Waals surface area contributed by atoms with Gasteiger partial charge in [-0.1, -0.05) is 24.3 Å². The number of aromatic hydroxyl groups is 3. The molecule has 0 saturated carbocycles. The molecule has 0 radical (unpaired) electrons. The number of aryl methyl sites for hydroxylation is 3. The van der Waals surface area contributed by atoms with Crippen LogP contribution in [-0.2, 0) is 0 Å². The minimum Gasteiger partial charge on any atom is -0.508 e. The minimum atomic E-state index is 0.115. The molecule has 3 N–H and O–H groups in total. The normalized spacial score (nSPS) is 10.8. The number of ether oxygens (including phenoxy) is 1. The third-order valence-electron chi connectivity index (χ3n) is 5.81. The highest BCUT2D eigenvalue weighted by atomic mass is 16.5. The van der Waals surface area contributed by atoms with E-state index in [1.165, 1.54) is 0 Å². The Kier molecular flexibility index (Phi) is 5.88. The predicted molar refractivity (Wildman–Crippen MR) is 132 cm³/mol. The van der Waals surface area contributed by atoms with Crippen LogP contribution in [0.2, 0.25) is 0 Å². The Morgan fingerprint density at radius 2 is 1.18 bits per heavy atom. The number of hydrogen-bond donors (Lipinski definition) is 3. The lowest BCUT2D eigenvalue weighted by Gasteiger charge is -2.29. The summed E-state index contributed by atoms with van der Waals surface area (Å²) in [7, 11) is 0. The summed E-state index contributed by atoms with van der Waals surface area (Å²) in [6.45, 7) is 7.71. The van der Waals surface area contributed by atoms with E-state index in [1.54, 1.807) is 36.4 Å². The molecule has 0 fully saturated rings. The standard InChI is InChI=1S/C28H27NO4/c1-17-7-5-9-24(31)27(17)29(28-18(2)8-6-10-25(28)32)21-11-13-23(14-12-21)33-26-16-22(30)15-19(3)20(26)4/h5-16,30-32H,1-4H3. The molecule has 0 aliphatic rings. The molecule has 5 heteroatoms. The van der Waals surface area contributed by atoms with Crippen molar-refractivity contribution in [2.45, 2.75) is 27.7 Å². The molecule has 0 amide bonds. The monoisotopic (exact) mass is 441 g/mol. The predicted octanol–water partition coefficient (Wildman–Crippen LogP) is 7.30. The van der Waals surface area contributed by atoms with Crippen LogP contribution in [0.3, 0.4) is 0 Å². The first kappa shape index (κ1) is 22.1. The quantitative estimate of drug-likeness (QED) is 0.303. The number of para-hydroxylation sites is 2. The Balaban J connectivity index is 1.79. The molecule has 0 spiro atoms. The molecule has 4 aromatic carbocycles. The van der Waals surface area contributed by atoms with Gasteiger partial charge in [0, 0.05) is 11.8 Å². The molecule has 0 atom stereocenters. The van der Waals surface area contributed by atoms with Gasteiger partial charge in [0.2, 0.25) is 0 Å². The van der Waals surface area contributed by atoms with E-state index in [1.807, 2.05) is 69.0 Å². The number of hydrogen-bond acceptors (Lipinski definition) is 5. The van der Waals surface area contributed by atoms with E-state index in [0.717, 1.165) is 27.9 Å². The summed E-state index contributed by atoms with van der Waals surface area (Å²) in [5.41, 5.74) is 5.56. The average Bonchev–Trinajstić information content (AvgIpc) is 2.76. The van der Waals surface area contributed by atoms with Gasteiger partial charge in [-0.15, -0.1) is 0 Å². The highest BCUT2D eigenvalue weighted by molar-refractivity contribution is 5.86. The van der Waals surface area contributed by atoms with Gasteiger partial charge in [-0.3, -0.25) is 0 Å². The molecule has 0 unspecified atom stereocenters. The summed E-state index contributed by atoms with van der Waals surface area (Å²) in [6.07, 6.45) is 0. The second kappa shape index (κ2) is 8.79. The van der Waals surface area contributed by atoms with Gasteiger partial charge >= 0.3 is 0 Å². The molecule has 0 aromatic heterocycles. The van der Waals surface area contributed by atoms with Crippen molar-refractivity contribution >= 4 is 17.1 Å². The van der Waals surface area contributed by atoms with Gasteiger partial charge in [-0.25, -0.2) is 0 Å². The number of benzene rings is 4. The second-order valence-electron chi connectivity index (χ2n) is 8.20. The second-order valence-corrected chi connectivity index (χ2v) is 8.20. The molecule has 5 nitrogen and oxygen atoms in total. The van der Waals surface area contributed by atoms with Crippen molar-refractivity contribution in [1.82, 2.24) is 0 Å². The van der Waals surface area contributed by atoms with Crippen molar-refractivity contribution in [1.29, 1.82) is 0 Å². The van der Waals surface area contributed by atoms with E-state index >= 15 is 0 Å². The van der Waals surface area contributed by atoms with Crippen LogP contribution in [0.4, 0.5) is 17.1 Å². The lowest BCUT2D eigenvalue weighted by atomic mass is 10.1. The lowest BCUT2D eigenvalue weighted by Crippen LogP contribution is -2.13. The Bertz CT molecular complexity index is 1220. The summed E-state index contributed by atoms with van der Waals surface area (Å²) in [5.74, 6) is 1.58. The van der Waals surface area contributed by atoms with Gasteiger partial charge in [0.15, 0.2) is 0 Å². The van der Waals surface area contributed by atoms with Crippen molar-refractivity contribution in [3.8, 4) is 28.7 Å². The van der Waals surface area contributed by atoms with Gasteiger partial charge in [-0.2, -0.15) is 0 Å². The maximum atomic E-state index is 10.7. The van der Waals surface area contributed by atoms with Crippen LogP contribution in [0.25, 0.3) is 0 Å². The zero-order valence-electron chi connectivity index (χ0n) is 19.1. The van der Waals surface area contributed by atoms with E-state index in [0.29, 0.717) is 22.9 Å². The van der Waals surface area contributed by atoms with Crippen LogP contribution < -0.4 is 9.64 Å². The van der Waals surface area contributed by atoms with Crippen LogP contribution in [-0.4, -0.2) is 15.3 Å². The summed E-state index contributed by atoms with van der Waals surface area (Å²) < 4.78 is 6.03. The molecule has 168 valence electrons. The molecule has 0 saturated heterocycles. The summed E-state index contributed by atoms with van der Waals surface area (Å²) >= 11 is 0. The van der Waals surface area contributed by atoms with Crippen LogP contribution in [0.5, 0.6) is 28.7 Å². The average molecular weight is 442 g/mol. The Hall–Kier alpha value is -4.12. The van der Waals surface area contributed by atoms with Crippen molar-refractivity contribution < 1.29 is 20.1 Å². The van der Waals surface area contributed by atoms with Crippen molar-refractivity contribution in [3.63, 3.8) is 0 Å². The van der Waals surface area contributed by atoms with Gasteiger partial charge in [-0.05, 0) is 92.4 Å². The zero-order valence-corrected chi connectivity index (χ0v) is 19.1. The summed E-state index contributed by atoms with van der Waals surface area (Å²) in [5, 5.41) is 31.4. The van der Waals surface area contributed by atoms with Crippen molar-refractivity contribution in [2.24, 2.45) is 0 Å². The molecular weight excluding hydrogens is 414 g/mol. The van der Waals surface area contributed by atoms with Crippen LogP contribution in [0, 0.1) is 27.7 Å². The van der Waals surface area contributed by atoms with Crippen LogP contribution >= 0.6 is 0 Å². The Morgan fingerprint density at radius 1 is 0.636 bits per heavy atom. The van der Waals surface area contributed by atoms with Gasteiger partial charge in [0.05, 0.1) is 11.4 Å². The van der Waals surface area contributed by atoms with E-state index < -0.39 is 0 Å². The number of nitrogens with zero attached hydrogens (tertiary/aromatic N) is 1. The first-order chi connectivity index (χ1) is 15.8. The topological polar surface area (TPSA) is 73.2 Å². The molecule has 0 heterocycles. The SMILES string of the molecule is Cc1cc(O)cc(Oc2ccc(N(c3c(C)cccc3O)c3c(C)cccc3O)cc2)c1C. The highest BCUT2D eigenvalue weighted by Gasteiger charge is 2.22. The van der Waals surface area contributed by atoms with Crippen molar-refractivity contribution in [2.75, 3.05) is 4.90 Å². The van der Waals surface area contributed by atoms with Gasteiger partial charge in [0.25, 0.3) is 0 Å². The molecule has 4 rings (SSSR count). The van der Waals surface area contributed by atoms with E-state index in [-0.39, 0.29) is 17.2 Å². The fourth-order valence-electron chi connectivity index (χ4n) is 3.94. The van der Waals surface area contributed by atoms with Crippen LogP contribution in [0.1, 0.15) is 22.3 Å². The van der Waals surface area contributed by atoms with Crippen LogP contribution in [0.15, 0.2) is 72.8 Å². The maximum Gasteiger partial charge on any atom is 0.139 e. The minimum absolute atomic E-state index is 0.115. The molecule has 33 heavy (non-hydrogen) atoms. The highest BCUT2D eigenvalue weighted by Crippen LogP contribution is 2.46. The number of phenolic OH excluding ortho intramolecular Hbond substituents is 3. The first-order valence-electron chi connectivity index (χ1n) is 10.7. The molecular formula is C28H27NO4. The zero-order chi connectivity index (χ0) is 23.7. The van der Waals surface area contributed by atoms with Crippen molar-refractivity contribution in [3.05, 3.63) is 95.1 Å². The fourth-order valence-corrected chi connectivity index (χ4v) is 3.94. The third-order valence-corrected chi connectivity index (χ3v) is 5.81. The van der Waals surface area contributed by atoms with E-state index in [9.17, 15) is 15.3 Å². The van der Waals surface area contributed by atoms with Gasteiger partial charge < -0.3 is 25.0 Å². The van der Waals surface area contributed by atoms with Gasteiger partial charge in [0.1, 0.15) is 28.7 Å². The fraction of sp³-hybridized carbons (Fsp3) is 0.143. The summed E-state index contributed by atoms with van der Waals surface area (Å²) in [6, 6.07) is 21.4. The van der Waals surface area contributed by atoms with E-state index in [4.69, 9.17) is 4.74 Å². The number of rotatable bonds is 5. The smallest absolute Gasteiger partial charge is 0.139 e. The Morgan fingerprint density at radius 3 is 1.70 bits per heavy atom. The third kappa shape index (κ3) is 4.30. The maximum absolute atomic E-state index is 10.7. The first-order valence-corrected chi connectivity index (χ1v) is 10.7. The number of phenols is 3. The number of anilines is 3. The molecule has 0 aliphatic carbocycles. The summed E-state index contributed by atoms with van der Waals surface area (Å²) in [4.78, 5) is 1.85. The molecule has 0 aliphatic heterocycles. The molecule has 0 bridgehead atoms. The Labute approximate surface area is 193 Å². The lowest BCUT2D eigenvalue weighted by molar-refractivity contribution is 0.452. The largest absolute Gasteiger partial charge is 0.508 e. The van der Waals surface area contributed by atoms with E-state index in [2.05, 4.69) is 0 Å².